The van der Waals surface area contributed by atoms with Crippen molar-refractivity contribution >= 4 is 11.7 Å². The highest BCUT2D eigenvalue weighted by atomic mass is 16.6. The summed E-state index contributed by atoms with van der Waals surface area (Å²) in [5, 5.41) is 15.7. The third kappa shape index (κ3) is 3.95. The van der Waals surface area contributed by atoms with E-state index in [2.05, 4.69) is 10.00 Å². The molecule has 3 rings (SSSR count). The molecule has 162 valence electrons. The molecule has 0 radical (unpaired) electrons. The largest absolute Gasteiger partial charge is 0.493 e. The van der Waals surface area contributed by atoms with E-state index < -0.39 is 4.92 Å². The molecule has 0 N–H and O–H groups in total. The number of fused-ring (bicyclic) bond motifs is 1. The Bertz CT molecular complexity index is 971. The second-order valence-corrected chi connectivity index (χ2v) is 7.18. The number of esters is 1. The van der Waals surface area contributed by atoms with Gasteiger partial charge in [-0.2, -0.15) is 5.10 Å². The Hall–Kier alpha value is -3.14. The van der Waals surface area contributed by atoms with Gasteiger partial charge in [0, 0.05) is 12.6 Å². The van der Waals surface area contributed by atoms with E-state index in [0.717, 1.165) is 17.5 Å². The smallest absolute Gasteiger partial charge is 0.312 e. The second-order valence-electron chi connectivity index (χ2n) is 7.18. The van der Waals surface area contributed by atoms with Crippen molar-refractivity contribution in [3.63, 3.8) is 0 Å². The van der Waals surface area contributed by atoms with Gasteiger partial charge in [0.2, 0.25) is 0 Å². The van der Waals surface area contributed by atoms with Gasteiger partial charge in [0.15, 0.2) is 11.5 Å². The number of carbonyl (C=O) groups excluding carboxylic acids is 1. The summed E-state index contributed by atoms with van der Waals surface area (Å²) >= 11 is 0. The highest BCUT2D eigenvalue weighted by molar-refractivity contribution is 5.70. The maximum absolute atomic E-state index is 12.2. The second kappa shape index (κ2) is 8.70. The van der Waals surface area contributed by atoms with Gasteiger partial charge in [-0.15, -0.1) is 0 Å². The number of hydrogen-bond acceptors (Lipinski definition) is 8. The first-order chi connectivity index (χ1) is 14.3. The topological polar surface area (TPSA) is 109 Å². The monoisotopic (exact) mass is 418 g/mol. The molecule has 0 spiro atoms. The summed E-state index contributed by atoms with van der Waals surface area (Å²) in [5.74, 6) is 0.873. The number of hydrogen-bond donors (Lipinski definition) is 0. The van der Waals surface area contributed by atoms with Crippen LogP contribution in [0.4, 0.5) is 5.69 Å². The summed E-state index contributed by atoms with van der Waals surface area (Å²) in [7, 11) is 4.51. The molecule has 0 aliphatic carbocycles. The van der Waals surface area contributed by atoms with Gasteiger partial charge in [-0.25, -0.2) is 4.68 Å². The average Bonchev–Trinajstić information content (AvgIpc) is 3.01. The zero-order chi connectivity index (χ0) is 22.0. The number of rotatable bonds is 7. The number of ether oxygens (including phenoxy) is 3. The maximum atomic E-state index is 12.2. The van der Waals surface area contributed by atoms with E-state index in [4.69, 9.17) is 14.2 Å². The third-order valence-electron chi connectivity index (χ3n) is 5.54. The van der Waals surface area contributed by atoms with E-state index in [1.807, 2.05) is 12.1 Å². The normalized spacial score (nSPS) is 16.1. The standard InChI is InChI=1S/C20H26N4O6/c1-12-20(24(26)27)13(2)23(21-12)11-22-7-6-14-8-17(28-3)18(29-4)9-15(14)16(22)10-19(25)30-5/h8-9,16H,6-7,10-11H2,1-5H3/t16-/m1/s1. The van der Waals surface area contributed by atoms with Gasteiger partial charge >= 0.3 is 11.7 Å². The minimum Gasteiger partial charge on any atom is -0.493 e. The molecule has 30 heavy (non-hydrogen) atoms. The Morgan fingerprint density at radius 1 is 1.23 bits per heavy atom. The molecule has 0 fully saturated rings. The Balaban J connectivity index is 2.00. The molecule has 1 aliphatic rings. The van der Waals surface area contributed by atoms with Crippen LogP contribution in [0.3, 0.4) is 0 Å². The molecule has 0 bridgehead atoms. The molecule has 10 nitrogen and oxygen atoms in total. The van der Waals surface area contributed by atoms with Crippen LogP contribution in [0.1, 0.15) is 35.0 Å². The molecule has 0 saturated carbocycles. The summed E-state index contributed by atoms with van der Waals surface area (Å²) in [4.78, 5) is 25.2. The first kappa shape index (κ1) is 21.6. The van der Waals surface area contributed by atoms with Gasteiger partial charge in [-0.05, 0) is 43.5 Å². The number of aromatic nitrogens is 2. The predicted molar refractivity (Wildman–Crippen MR) is 108 cm³/mol. The van der Waals surface area contributed by atoms with Gasteiger partial charge in [0.05, 0.1) is 39.3 Å². The first-order valence-electron chi connectivity index (χ1n) is 9.54. The summed E-state index contributed by atoms with van der Waals surface area (Å²) in [5.41, 5.74) is 2.87. The predicted octanol–water partition coefficient (Wildman–Crippen LogP) is 2.55. The van der Waals surface area contributed by atoms with Crippen LogP contribution in [0, 0.1) is 24.0 Å². The molecule has 2 aromatic rings. The van der Waals surface area contributed by atoms with Crippen LogP contribution in [0.25, 0.3) is 0 Å². The van der Waals surface area contributed by atoms with E-state index in [0.29, 0.717) is 36.1 Å². The Labute approximate surface area is 174 Å². The minimum atomic E-state index is -0.414. The van der Waals surface area contributed by atoms with Crippen molar-refractivity contribution in [2.75, 3.05) is 27.9 Å². The molecule has 1 aliphatic heterocycles. The molecule has 1 atom stereocenters. The van der Waals surface area contributed by atoms with Crippen molar-refractivity contribution in [1.82, 2.24) is 14.7 Å². The van der Waals surface area contributed by atoms with E-state index >= 15 is 0 Å². The zero-order valence-corrected chi connectivity index (χ0v) is 17.8. The Kier molecular flexibility index (Phi) is 6.25. The molecule has 1 aromatic heterocycles. The lowest BCUT2D eigenvalue weighted by Gasteiger charge is -2.37. The fourth-order valence-corrected chi connectivity index (χ4v) is 3.99. The summed E-state index contributed by atoms with van der Waals surface area (Å²) < 4.78 is 17.4. The van der Waals surface area contributed by atoms with Gasteiger partial charge in [0.25, 0.3) is 0 Å². The number of nitrogens with zero attached hydrogens (tertiary/aromatic N) is 4. The minimum absolute atomic E-state index is 0.0170. The molecule has 2 heterocycles. The molecule has 1 aromatic carbocycles. The van der Waals surface area contributed by atoms with E-state index in [9.17, 15) is 14.9 Å². The van der Waals surface area contributed by atoms with Crippen LogP contribution in [0.5, 0.6) is 11.5 Å². The van der Waals surface area contributed by atoms with Crippen LogP contribution >= 0.6 is 0 Å². The number of benzene rings is 1. The van der Waals surface area contributed by atoms with Crippen LogP contribution in [-0.4, -0.2) is 53.4 Å². The van der Waals surface area contributed by atoms with Crippen molar-refractivity contribution in [2.24, 2.45) is 0 Å². The number of aryl methyl sites for hydroxylation is 1. The van der Waals surface area contributed by atoms with Gasteiger partial charge < -0.3 is 14.2 Å². The maximum Gasteiger partial charge on any atom is 0.312 e. The number of methoxy groups -OCH3 is 3. The van der Waals surface area contributed by atoms with Crippen molar-refractivity contribution in [3.05, 3.63) is 44.8 Å². The third-order valence-corrected chi connectivity index (χ3v) is 5.54. The van der Waals surface area contributed by atoms with E-state index in [-0.39, 0.29) is 24.1 Å². The lowest BCUT2D eigenvalue weighted by atomic mass is 9.90. The van der Waals surface area contributed by atoms with Crippen LogP contribution < -0.4 is 9.47 Å². The quantitative estimate of drug-likeness (QED) is 0.383. The van der Waals surface area contributed by atoms with Gasteiger partial charge in [-0.3, -0.25) is 19.8 Å². The summed E-state index contributed by atoms with van der Waals surface area (Å²) in [6.45, 7) is 4.27. The van der Waals surface area contributed by atoms with Crippen molar-refractivity contribution in [2.45, 2.75) is 39.4 Å². The Morgan fingerprint density at radius 2 is 1.90 bits per heavy atom. The molecular formula is C20H26N4O6. The SMILES string of the molecule is COC(=O)C[C@@H]1c2cc(OC)c(OC)cc2CCN1Cn1nc(C)c([N+](=O)[O-])c1C. The molecule has 10 heteroatoms. The van der Waals surface area contributed by atoms with Crippen molar-refractivity contribution in [1.29, 1.82) is 0 Å². The number of nitro groups is 1. The first-order valence-corrected chi connectivity index (χ1v) is 9.54. The fourth-order valence-electron chi connectivity index (χ4n) is 3.99. The highest BCUT2D eigenvalue weighted by Gasteiger charge is 2.32. The summed E-state index contributed by atoms with van der Waals surface area (Å²) in [6.07, 6.45) is 0.870. The van der Waals surface area contributed by atoms with Crippen LogP contribution in [0.15, 0.2) is 12.1 Å². The molecule has 0 saturated heterocycles. The van der Waals surface area contributed by atoms with Crippen LogP contribution in [0.2, 0.25) is 0 Å². The molecule has 0 amide bonds. The van der Waals surface area contributed by atoms with Crippen molar-refractivity contribution in [3.8, 4) is 11.5 Å². The Morgan fingerprint density at radius 3 is 2.47 bits per heavy atom. The molecular weight excluding hydrogens is 392 g/mol. The lowest BCUT2D eigenvalue weighted by molar-refractivity contribution is -0.386. The fraction of sp³-hybridized carbons (Fsp3) is 0.500. The number of carbonyl (C=O) groups is 1. The highest BCUT2D eigenvalue weighted by Crippen LogP contribution is 2.40. The van der Waals surface area contributed by atoms with Crippen LogP contribution in [-0.2, 0) is 22.6 Å². The van der Waals surface area contributed by atoms with Gasteiger partial charge in [-0.1, -0.05) is 0 Å². The van der Waals surface area contributed by atoms with E-state index in [1.165, 1.54) is 7.11 Å². The van der Waals surface area contributed by atoms with Gasteiger partial charge in [0.1, 0.15) is 11.4 Å². The lowest BCUT2D eigenvalue weighted by Crippen LogP contribution is -2.38. The van der Waals surface area contributed by atoms with Crippen molar-refractivity contribution < 1.29 is 23.9 Å². The average molecular weight is 418 g/mol. The molecule has 0 unspecified atom stereocenters. The van der Waals surface area contributed by atoms with E-state index in [1.54, 1.807) is 32.7 Å². The summed E-state index contributed by atoms with van der Waals surface area (Å²) in [6, 6.07) is 3.53. The zero-order valence-electron chi connectivity index (χ0n) is 17.8.